The van der Waals surface area contributed by atoms with Crippen LogP contribution in [0.4, 0.5) is 0 Å². The lowest BCUT2D eigenvalue weighted by atomic mass is 9.92. The maximum absolute atomic E-state index is 2.36. The molecule has 0 atom stereocenters. The number of hydrogen-bond donors (Lipinski definition) is 0. The van der Waals surface area contributed by atoms with Crippen molar-refractivity contribution in [3.05, 3.63) is 0 Å². The Bertz CT molecular complexity index is 131. The van der Waals surface area contributed by atoms with Gasteiger partial charge in [0.15, 0.2) is 0 Å². The van der Waals surface area contributed by atoms with Gasteiger partial charge in [-0.15, -0.1) is 0 Å². The second-order valence-electron chi connectivity index (χ2n) is 6.29. The topological polar surface area (TPSA) is 0 Å². The zero-order valence-electron chi connectivity index (χ0n) is 11.3. The fourth-order valence-corrected chi connectivity index (χ4v) is 1.33. The number of rotatable bonds is 0. The van der Waals surface area contributed by atoms with Crippen LogP contribution in [-0.2, 0) is 0 Å². The minimum Gasteiger partial charge on any atom is -0.0744 e. The summed E-state index contributed by atoms with van der Waals surface area (Å²) >= 11 is 4.24. The SMILES string of the molecule is CC1(C)CCCC1.C[SiH2]C(C)(C)C.II. The van der Waals surface area contributed by atoms with Gasteiger partial charge in [-0.3, -0.25) is 0 Å². The molecule has 0 aromatic heterocycles. The third-order valence-electron chi connectivity index (χ3n) is 3.02. The lowest BCUT2D eigenvalue weighted by Crippen LogP contribution is -2.01. The minimum atomic E-state index is 0.252. The van der Waals surface area contributed by atoms with Crippen LogP contribution in [0.2, 0.25) is 11.6 Å². The van der Waals surface area contributed by atoms with Crippen LogP contribution in [0.3, 0.4) is 0 Å². The molecule has 0 radical (unpaired) electrons. The standard InChI is InChI=1S/C7H14.C5H14Si.I2/c1-7(2)5-3-4-6-7;1-5(2,3)6-4;1-2/h3-6H2,1-2H3;6H2,1-4H3;. The molecule has 1 aliphatic rings. The molecule has 0 amide bonds. The summed E-state index contributed by atoms with van der Waals surface area (Å²) in [5, 5.41) is 0.681. The summed E-state index contributed by atoms with van der Waals surface area (Å²) in [6.45, 7) is 14.0. The van der Waals surface area contributed by atoms with E-state index < -0.39 is 0 Å². The van der Waals surface area contributed by atoms with Gasteiger partial charge in [-0.25, -0.2) is 0 Å². The Balaban J connectivity index is 0. The largest absolute Gasteiger partial charge is 0.0744 e. The van der Waals surface area contributed by atoms with Crippen LogP contribution in [0.1, 0.15) is 60.3 Å². The summed E-state index contributed by atoms with van der Waals surface area (Å²) in [5.41, 5.74) is 0.694. The van der Waals surface area contributed by atoms with E-state index in [1.54, 1.807) is 0 Å². The van der Waals surface area contributed by atoms with E-state index in [2.05, 4.69) is 78.4 Å². The van der Waals surface area contributed by atoms with Gasteiger partial charge in [0, 0.05) is 46.8 Å². The molecular formula is C12H28I2Si. The maximum atomic E-state index is 2.36. The predicted molar refractivity (Wildman–Crippen MR) is 94.4 cm³/mol. The van der Waals surface area contributed by atoms with Crippen molar-refractivity contribution in [3.63, 3.8) is 0 Å². The highest BCUT2D eigenvalue weighted by Gasteiger charge is 2.21. The van der Waals surface area contributed by atoms with E-state index in [1.807, 2.05) is 0 Å². The zero-order valence-corrected chi connectivity index (χ0v) is 17.0. The zero-order chi connectivity index (χ0) is 12.5. The van der Waals surface area contributed by atoms with Gasteiger partial charge < -0.3 is 0 Å². The number of halogens is 2. The van der Waals surface area contributed by atoms with Crippen molar-refractivity contribution in [1.29, 1.82) is 0 Å². The van der Waals surface area contributed by atoms with Crippen molar-refractivity contribution in [2.24, 2.45) is 5.41 Å². The minimum absolute atomic E-state index is 0.252. The molecule has 1 aliphatic carbocycles. The lowest BCUT2D eigenvalue weighted by Gasteiger charge is -2.13. The maximum Gasteiger partial charge on any atom is 0.0229 e. The summed E-state index contributed by atoms with van der Waals surface area (Å²) in [5.74, 6) is 0. The first kappa shape index (κ1) is 19.0. The highest BCUT2D eigenvalue weighted by Crippen LogP contribution is 2.36. The van der Waals surface area contributed by atoms with Gasteiger partial charge in [-0.2, -0.15) is 0 Å². The van der Waals surface area contributed by atoms with Crippen LogP contribution in [-0.4, -0.2) is 9.52 Å². The number of hydrogen-bond acceptors (Lipinski definition) is 0. The molecule has 1 rings (SSSR count). The van der Waals surface area contributed by atoms with Crippen LogP contribution in [0, 0.1) is 5.41 Å². The van der Waals surface area contributed by atoms with Gasteiger partial charge >= 0.3 is 0 Å². The summed E-state index contributed by atoms with van der Waals surface area (Å²) in [6, 6.07) is 0. The van der Waals surface area contributed by atoms with Gasteiger partial charge in [0.25, 0.3) is 0 Å². The van der Waals surface area contributed by atoms with Crippen LogP contribution < -0.4 is 0 Å². The summed E-state index contributed by atoms with van der Waals surface area (Å²) in [6.07, 6.45) is 5.83. The molecule has 0 unspecified atom stereocenters. The second kappa shape index (κ2) is 9.68. The molecule has 3 heteroatoms. The van der Waals surface area contributed by atoms with Gasteiger partial charge in [0.2, 0.25) is 0 Å². The molecule has 1 saturated carbocycles. The van der Waals surface area contributed by atoms with Gasteiger partial charge in [0.05, 0.1) is 0 Å². The van der Waals surface area contributed by atoms with E-state index in [-0.39, 0.29) is 9.52 Å². The summed E-state index contributed by atoms with van der Waals surface area (Å²) in [4.78, 5) is 0. The van der Waals surface area contributed by atoms with Crippen molar-refractivity contribution < 1.29 is 0 Å². The third kappa shape index (κ3) is 15.7. The predicted octanol–water partition coefficient (Wildman–Crippen LogP) is 5.78. The first-order valence-electron chi connectivity index (χ1n) is 5.91. The van der Waals surface area contributed by atoms with Crippen molar-refractivity contribution >= 4 is 46.8 Å². The molecule has 0 spiro atoms. The molecule has 1 fully saturated rings. The Hall–Kier alpha value is 1.68. The molecule has 0 aromatic rings. The highest BCUT2D eigenvalue weighted by molar-refractivity contribution is 15.0. The molecule has 0 nitrogen and oxygen atoms in total. The third-order valence-corrected chi connectivity index (χ3v) is 5.14. The van der Waals surface area contributed by atoms with Crippen molar-refractivity contribution in [2.45, 2.75) is 71.9 Å². The van der Waals surface area contributed by atoms with E-state index in [0.717, 1.165) is 0 Å². The van der Waals surface area contributed by atoms with Crippen LogP contribution in [0.25, 0.3) is 0 Å². The fraction of sp³-hybridized carbons (Fsp3) is 1.00. The average molecular weight is 454 g/mol. The molecule has 15 heavy (non-hydrogen) atoms. The Morgan fingerprint density at radius 2 is 1.27 bits per heavy atom. The van der Waals surface area contributed by atoms with E-state index in [9.17, 15) is 0 Å². The molecular weight excluding hydrogens is 426 g/mol. The molecule has 94 valence electrons. The smallest absolute Gasteiger partial charge is 0.0229 e. The Labute approximate surface area is 123 Å². The molecule has 0 aliphatic heterocycles. The lowest BCUT2D eigenvalue weighted by molar-refractivity contribution is 0.382. The monoisotopic (exact) mass is 454 g/mol. The van der Waals surface area contributed by atoms with Gasteiger partial charge in [-0.05, 0) is 23.3 Å². The quantitative estimate of drug-likeness (QED) is 0.322. The van der Waals surface area contributed by atoms with Crippen LogP contribution in [0.15, 0.2) is 0 Å². The van der Waals surface area contributed by atoms with E-state index in [4.69, 9.17) is 0 Å². The fourth-order valence-electron chi connectivity index (χ4n) is 1.33. The molecule has 0 N–H and O–H groups in total. The Kier molecular flexibility index (Phi) is 12.3. The average Bonchev–Trinajstić information content (AvgIpc) is 2.53. The van der Waals surface area contributed by atoms with Crippen LogP contribution >= 0.6 is 37.2 Å². The molecule has 0 aromatic carbocycles. The molecule has 0 heterocycles. The van der Waals surface area contributed by atoms with E-state index in [0.29, 0.717) is 10.5 Å². The highest BCUT2D eigenvalue weighted by atomic mass is 128. The van der Waals surface area contributed by atoms with E-state index >= 15 is 0 Å². The normalized spacial score (nSPS) is 19.2. The summed E-state index contributed by atoms with van der Waals surface area (Å²) in [7, 11) is 0.252. The van der Waals surface area contributed by atoms with Crippen molar-refractivity contribution in [3.8, 4) is 0 Å². The van der Waals surface area contributed by atoms with E-state index in [1.165, 1.54) is 25.7 Å². The first-order chi connectivity index (χ1) is 6.77. The molecule has 0 bridgehead atoms. The second-order valence-corrected chi connectivity index (χ2v) is 9.11. The Morgan fingerprint density at radius 3 is 1.33 bits per heavy atom. The molecule has 0 saturated heterocycles. The summed E-state index contributed by atoms with van der Waals surface area (Å²) < 4.78 is 0. The van der Waals surface area contributed by atoms with Crippen molar-refractivity contribution in [2.75, 3.05) is 0 Å². The van der Waals surface area contributed by atoms with Crippen molar-refractivity contribution in [1.82, 2.24) is 0 Å². The van der Waals surface area contributed by atoms with Gasteiger partial charge in [0.1, 0.15) is 0 Å². The Morgan fingerprint density at radius 1 is 1.00 bits per heavy atom. The van der Waals surface area contributed by atoms with Gasteiger partial charge in [-0.1, -0.05) is 54.0 Å². The van der Waals surface area contributed by atoms with Crippen LogP contribution in [0.5, 0.6) is 0 Å². The first-order valence-corrected chi connectivity index (χ1v) is 14.3.